The number of anilines is 1. The van der Waals surface area contributed by atoms with Crippen LogP contribution in [-0.2, 0) is 6.42 Å². The Morgan fingerprint density at radius 2 is 1.95 bits per heavy atom. The second-order valence-corrected chi connectivity index (χ2v) is 5.44. The van der Waals surface area contributed by atoms with E-state index in [1.54, 1.807) is 0 Å². The molecule has 0 radical (unpaired) electrons. The summed E-state index contributed by atoms with van der Waals surface area (Å²) in [6.07, 6.45) is 10.3. The first-order valence-corrected chi connectivity index (χ1v) is 7.90. The standard InChI is InChI=1S/C17H27NO/c1-2-3-4-5-6-7-14-19-16-12-8-10-15-11-9-13-18-17(15)16/h8,10,12,18H,2-7,9,11,13-14H2,1H3. The molecule has 19 heavy (non-hydrogen) atoms. The SMILES string of the molecule is CCCCCCCCOc1cccc2c1NCCC2. The van der Waals surface area contributed by atoms with Crippen LogP contribution in [0, 0.1) is 0 Å². The van der Waals surface area contributed by atoms with Crippen molar-refractivity contribution in [2.45, 2.75) is 58.3 Å². The van der Waals surface area contributed by atoms with Crippen LogP contribution in [0.4, 0.5) is 5.69 Å². The van der Waals surface area contributed by atoms with E-state index in [9.17, 15) is 0 Å². The van der Waals surface area contributed by atoms with Crippen LogP contribution in [0.15, 0.2) is 18.2 Å². The third kappa shape index (κ3) is 4.45. The summed E-state index contributed by atoms with van der Waals surface area (Å²) in [5.41, 5.74) is 2.64. The van der Waals surface area contributed by atoms with E-state index in [4.69, 9.17) is 4.74 Å². The minimum absolute atomic E-state index is 0.851. The van der Waals surface area contributed by atoms with Crippen LogP contribution >= 0.6 is 0 Å². The zero-order valence-electron chi connectivity index (χ0n) is 12.2. The minimum Gasteiger partial charge on any atom is -0.491 e. The average molecular weight is 261 g/mol. The predicted molar refractivity (Wildman–Crippen MR) is 82.1 cm³/mol. The van der Waals surface area contributed by atoms with E-state index in [-0.39, 0.29) is 0 Å². The molecule has 0 aliphatic carbocycles. The van der Waals surface area contributed by atoms with Gasteiger partial charge in [0.1, 0.15) is 5.75 Å². The van der Waals surface area contributed by atoms with E-state index in [1.165, 1.54) is 62.6 Å². The number of para-hydroxylation sites is 1. The molecule has 0 saturated heterocycles. The number of fused-ring (bicyclic) bond motifs is 1. The molecule has 0 spiro atoms. The summed E-state index contributed by atoms with van der Waals surface area (Å²) in [5.74, 6) is 1.05. The Bertz CT molecular complexity index is 376. The molecule has 1 aromatic carbocycles. The van der Waals surface area contributed by atoms with Gasteiger partial charge in [-0.15, -0.1) is 0 Å². The molecule has 1 heterocycles. The first-order chi connectivity index (χ1) is 9.42. The molecular formula is C17H27NO. The molecule has 1 aromatic rings. The van der Waals surface area contributed by atoms with Crippen LogP contribution in [0.25, 0.3) is 0 Å². The van der Waals surface area contributed by atoms with Crippen LogP contribution in [0.3, 0.4) is 0 Å². The summed E-state index contributed by atoms with van der Waals surface area (Å²) in [6, 6.07) is 6.41. The molecule has 1 aliphatic rings. The lowest BCUT2D eigenvalue weighted by Crippen LogP contribution is -2.13. The number of benzene rings is 1. The fourth-order valence-corrected chi connectivity index (χ4v) is 2.66. The number of hydrogen-bond acceptors (Lipinski definition) is 2. The lowest BCUT2D eigenvalue weighted by atomic mass is 10.0. The zero-order chi connectivity index (χ0) is 13.3. The van der Waals surface area contributed by atoms with Crippen molar-refractivity contribution in [2.24, 2.45) is 0 Å². The molecule has 0 amide bonds. The van der Waals surface area contributed by atoms with Crippen molar-refractivity contribution in [3.8, 4) is 5.75 Å². The van der Waals surface area contributed by atoms with Gasteiger partial charge in [-0.2, -0.15) is 0 Å². The number of nitrogens with one attached hydrogen (secondary N) is 1. The second-order valence-electron chi connectivity index (χ2n) is 5.44. The van der Waals surface area contributed by atoms with Gasteiger partial charge in [0.2, 0.25) is 0 Å². The van der Waals surface area contributed by atoms with Crippen molar-refractivity contribution in [3.05, 3.63) is 23.8 Å². The van der Waals surface area contributed by atoms with Gasteiger partial charge in [0.05, 0.1) is 12.3 Å². The Morgan fingerprint density at radius 1 is 1.11 bits per heavy atom. The summed E-state index contributed by atoms with van der Waals surface area (Å²) < 4.78 is 5.95. The van der Waals surface area contributed by atoms with E-state index >= 15 is 0 Å². The van der Waals surface area contributed by atoms with Gasteiger partial charge in [0, 0.05) is 6.54 Å². The van der Waals surface area contributed by atoms with Gasteiger partial charge in [0.25, 0.3) is 0 Å². The van der Waals surface area contributed by atoms with Crippen molar-refractivity contribution >= 4 is 5.69 Å². The highest BCUT2D eigenvalue weighted by atomic mass is 16.5. The van der Waals surface area contributed by atoms with E-state index < -0.39 is 0 Å². The van der Waals surface area contributed by atoms with Gasteiger partial charge in [0.15, 0.2) is 0 Å². The van der Waals surface area contributed by atoms with Crippen molar-refractivity contribution in [2.75, 3.05) is 18.5 Å². The molecule has 0 atom stereocenters. The van der Waals surface area contributed by atoms with E-state index in [0.717, 1.165) is 18.9 Å². The fraction of sp³-hybridized carbons (Fsp3) is 0.647. The van der Waals surface area contributed by atoms with Gasteiger partial charge >= 0.3 is 0 Å². The van der Waals surface area contributed by atoms with Crippen LogP contribution in [0.5, 0.6) is 5.75 Å². The van der Waals surface area contributed by atoms with Crippen LogP contribution in [0.2, 0.25) is 0 Å². The highest BCUT2D eigenvalue weighted by Gasteiger charge is 2.12. The maximum Gasteiger partial charge on any atom is 0.142 e. The Labute approximate surface area is 117 Å². The van der Waals surface area contributed by atoms with E-state index in [2.05, 4.69) is 30.4 Å². The Kier molecular flexibility index (Phi) is 6.06. The molecule has 0 unspecified atom stereocenters. The lowest BCUT2D eigenvalue weighted by Gasteiger charge is -2.21. The Hall–Kier alpha value is -1.18. The highest BCUT2D eigenvalue weighted by molar-refractivity contribution is 5.63. The molecule has 0 saturated carbocycles. The molecule has 2 heteroatoms. The summed E-state index contributed by atoms with van der Waals surface area (Å²) in [4.78, 5) is 0. The normalized spacial score (nSPS) is 13.7. The van der Waals surface area contributed by atoms with Gasteiger partial charge < -0.3 is 10.1 Å². The van der Waals surface area contributed by atoms with Gasteiger partial charge in [-0.1, -0.05) is 51.2 Å². The summed E-state index contributed by atoms with van der Waals surface area (Å²) in [6.45, 7) is 4.18. The molecular weight excluding hydrogens is 234 g/mol. The summed E-state index contributed by atoms with van der Waals surface area (Å²) >= 11 is 0. The predicted octanol–water partition coefficient (Wildman–Crippen LogP) is 4.78. The van der Waals surface area contributed by atoms with Gasteiger partial charge in [-0.3, -0.25) is 0 Å². The Balaban J connectivity index is 1.71. The van der Waals surface area contributed by atoms with Crippen molar-refractivity contribution in [1.82, 2.24) is 0 Å². The number of unbranched alkanes of at least 4 members (excludes halogenated alkanes) is 5. The smallest absolute Gasteiger partial charge is 0.142 e. The number of aryl methyl sites for hydroxylation is 1. The van der Waals surface area contributed by atoms with Crippen LogP contribution in [-0.4, -0.2) is 13.2 Å². The van der Waals surface area contributed by atoms with Gasteiger partial charge in [-0.05, 0) is 30.9 Å². The number of ether oxygens (including phenoxy) is 1. The third-order valence-corrected chi connectivity index (χ3v) is 3.79. The molecule has 2 rings (SSSR count). The molecule has 1 aliphatic heterocycles. The highest BCUT2D eigenvalue weighted by Crippen LogP contribution is 2.32. The molecule has 2 nitrogen and oxygen atoms in total. The van der Waals surface area contributed by atoms with Crippen molar-refractivity contribution in [3.63, 3.8) is 0 Å². The molecule has 106 valence electrons. The average Bonchev–Trinajstić information content (AvgIpc) is 2.46. The first kappa shape index (κ1) is 14.2. The van der Waals surface area contributed by atoms with E-state index in [1.807, 2.05) is 0 Å². The van der Waals surface area contributed by atoms with Crippen LogP contribution in [0.1, 0.15) is 57.4 Å². The van der Waals surface area contributed by atoms with Crippen molar-refractivity contribution < 1.29 is 4.74 Å². The van der Waals surface area contributed by atoms with Gasteiger partial charge in [-0.25, -0.2) is 0 Å². The maximum absolute atomic E-state index is 5.95. The summed E-state index contributed by atoms with van der Waals surface area (Å²) in [7, 11) is 0. The molecule has 0 bridgehead atoms. The minimum atomic E-state index is 0.851. The summed E-state index contributed by atoms with van der Waals surface area (Å²) in [5, 5.41) is 3.48. The monoisotopic (exact) mass is 261 g/mol. The molecule has 0 fully saturated rings. The molecule has 0 aromatic heterocycles. The fourth-order valence-electron chi connectivity index (χ4n) is 2.66. The van der Waals surface area contributed by atoms with E-state index in [0.29, 0.717) is 0 Å². The Morgan fingerprint density at radius 3 is 2.84 bits per heavy atom. The zero-order valence-corrected chi connectivity index (χ0v) is 12.2. The quantitative estimate of drug-likeness (QED) is 0.680. The largest absolute Gasteiger partial charge is 0.491 e. The second kappa shape index (κ2) is 8.08. The first-order valence-electron chi connectivity index (χ1n) is 7.90. The van der Waals surface area contributed by atoms with Crippen molar-refractivity contribution in [1.29, 1.82) is 0 Å². The van der Waals surface area contributed by atoms with Crippen LogP contribution < -0.4 is 10.1 Å². The maximum atomic E-state index is 5.95. The lowest BCUT2D eigenvalue weighted by molar-refractivity contribution is 0.305. The topological polar surface area (TPSA) is 21.3 Å². The third-order valence-electron chi connectivity index (χ3n) is 3.79. The number of hydrogen-bond donors (Lipinski definition) is 1. The number of rotatable bonds is 8. The molecule has 1 N–H and O–H groups in total.